The van der Waals surface area contributed by atoms with Crippen LogP contribution in [-0.2, 0) is 0 Å². The van der Waals surface area contributed by atoms with Crippen molar-refractivity contribution < 1.29 is 29.4 Å². The van der Waals surface area contributed by atoms with Crippen molar-refractivity contribution in [2.45, 2.75) is 0 Å². The van der Waals surface area contributed by atoms with Crippen molar-refractivity contribution in [1.82, 2.24) is 20.9 Å². The highest BCUT2D eigenvalue weighted by Crippen LogP contribution is 2.31. The van der Waals surface area contributed by atoms with Crippen LogP contribution in [0.25, 0.3) is 11.0 Å². The molecule has 0 spiro atoms. The molecule has 35 heavy (non-hydrogen) atoms. The molecular weight excluding hydrogens is 460 g/mol. The van der Waals surface area contributed by atoms with Gasteiger partial charge in [0.25, 0.3) is 11.8 Å². The number of phenols is 2. The van der Waals surface area contributed by atoms with Crippen LogP contribution in [0, 0.1) is 10.1 Å². The van der Waals surface area contributed by atoms with Crippen molar-refractivity contribution >= 4 is 39.9 Å². The molecule has 0 saturated carbocycles. The molecular formula is C22H18N6O7. The number of nitro benzene ring substituents is 1. The van der Waals surface area contributed by atoms with Crippen LogP contribution in [0.1, 0.15) is 20.7 Å². The molecule has 5 N–H and O–H groups in total. The largest absolute Gasteiger partial charge is 0.504 e. The minimum atomic E-state index is -0.592. The van der Waals surface area contributed by atoms with Gasteiger partial charge in [-0.2, -0.15) is 0 Å². The number of carbonyl (C=O) groups excluding carboxylic acids is 2. The number of nitro groups is 1. The second-order valence-corrected chi connectivity index (χ2v) is 7.24. The lowest BCUT2D eigenvalue weighted by Crippen LogP contribution is -2.34. The quantitative estimate of drug-likeness (QED) is 0.109. The fraction of sp³-hybridized carbons (Fsp3) is 0.0909. The van der Waals surface area contributed by atoms with Gasteiger partial charge in [0.15, 0.2) is 17.0 Å². The minimum Gasteiger partial charge on any atom is -0.504 e. The number of amides is 2. The van der Waals surface area contributed by atoms with E-state index >= 15 is 0 Å². The van der Waals surface area contributed by atoms with Crippen molar-refractivity contribution in [3.8, 4) is 11.5 Å². The molecule has 0 unspecified atom stereocenters. The molecule has 4 aromatic rings. The van der Waals surface area contributed by atoms with E-state index in [1.54, 1.807) is 24.3 Å². The number of hydrogen-bond acceptors (Lipinski definition) is 10. The third kappa shape index (κ3) is 4.93. The summed E-state index contributed by atoms with van der Waals surface area (Å²) in [5.74, 6) is -1.88. The average Bonchev–Trinajstić information content (AvgIpc) is 3.34. The second-order valence-electron chi connectivity index (χ2n) is 7.24. The summed E-state index contributed by atoms with van der Waals surface area (Å²) in [4.78, 5) is 35.0. The summed E-state index contributed by atoms with van der Waals surface area (Å²) >= 11 is 0. The molecule has 0 aliphatic rings. The highest BCUT2D eigenvalue weighted by Gasteiger charge is 2.19. The fourth-order valence-corrected chi connectivity index (χ4v) is 3.23. The van der Waals surface area contributed by atoms with Crippen molar-refractivity contribution in [1.29, 1.82) is 0 Å². The maximum Gasteiger partial charge on any atom is 0.300 e. The Hall–Kier alpha value is -5.20. The van der Waals surface area contributed by atoms with Crippen molar-refractivity contribution in [3.05, 3.63) is 75.8 Å². The van der Waals surface area contributed by atoms with E-state index in [1.165, 1.54) is 30.3 Å². The van der Waals surface area contributed by atoms with Crippen LogP contribution in [0.5, 0.6) is 11.5 Å². The summed E-state index contributed by atoms with van der Waals surface area (Å²) in [5, 5.41) is 45.8. The predicted molar refractivity (Wildman–Crippen MR) is 123 cm³/mol. The smallest absolute Gasteiger partial charge is 0.300 e. The maximum absolute atomic E-state index is 12.4. The number of aromatic hydroxyl groups is 2. The number of carbonyl (C=O) groups is 2. The Kier molecular flexibility index (Phi) is 6.39. The molecule has 0 atom stereocenters. The first-order valence-corrected chi connectivity index (χ1v) is 10.2. The van der Waals surface area contributed by atoms with Gasteiger partial charge in [0, 0.05) is 30.4 Å². The number of rotatable bonds is 8. The summed E-state index contributed by atoms with van der Waals surface area (Å²) < 4.78 is 4.64. The lowest BCUT2D eigenvalue weighted by atomic mass is 10.1. The summed E-state index contributed by atoms with van der Waals surface area (Å²) in [6, 6.07) is 13.2. The molecule has 0 aliphatic heterocycles. The van der Waals surface area contributed by atoms with Crippen LogP contribution in [0.15, 0.2) is 59.2 Å². The topological polar surface area (TPSA) is 193 Å². The lowest BCUT2D eigenvalue weighted by molar-refractivity contribution is -0.383. The molecule has 4 rings (SSSR count). The van der Waals surface area contributed by atoms with Crippen molar-refractivity contribution in [3.63, 3.8) is 0 Å². The minimum absolute atomic E-state index is 0.0161. The third-order valence-electron chi connectivity index (χ3n) is 4.97. The Labute approximate surface area is 196 Å². The number of aromatic nitrogens is 2. The van der Waals surface area contributed by atoms with Crippen LogP contribution in [0.3, 0.4) is 0 Å². The molecule has 178 valence electrons. The van der Waals surface area contributed by atoms with Gasteiger partial charge in [-0.15, -0.1) is 0 Å². The molecule has 0 aliphatic carbocycles. The first-order chi connectivity index (χ1) is 16.8. The molecule has 0 bridgehead atoms. The van der Waals surface area contributed by atoms with Gasteiger partial charge in [0.1, 0.15) is 0 Å². The van der Waals surface area contributed by atoms with E-state index in [1.807, 2.05) is 0 Å². The van der Waals surface area contributed by atoms with E-state index in [0.717, 1.165) is 0 Å². The van der Waals surface area contributed by atoms with Crippen LogP contribution in [0.2, 0.25) is 0 Å². The highest BCUT2D eigenvalue weighted by atomic mass is 16.6. The normalized spacial score (nSPS) is 10.6. The van der Waals surface area contributed by atoms with E-state index in [-0.39, 0.29) is 41.3 Å². The number of fused-ring (bicyclic) bond motifs is 1. The Balaban J connectivity index is 1.32. The molecule has 3 aromatic carbocycles. The van der Waals surface area contributed by atoms with Gasteiger partial charge in [-0.25, -0.2) is 4.63 Å². The molecule has 0 saturated heterocycles. The van der Waals surface area contributed by atoms with Gasteiger partial charge in [0.2, 0.25) is 5.52 Å². The molecule has 0 radical (unpaired) electrons. The molecule has 13 heteroatoms. The Morgan fingerprint density at radius 2 is 1.60 bits per heavy atom. The van der Waals surface area contributed by atoms with Gasteiger partial charge >= 0.3 is 5.69 Å². The number of non-ortho nitro benzene ring substituents is 1. The standard InChI is InChI=1S/C22H18N6O7/c29-17-3-1-2-14(20(17)30)22(32)24-11-10-23-21(31)12-4-6-13(7-5-12)25-15-8-9-16(28(33)34)19-18(15)26-35-27-19/h1-9,25,29-30H,10-11H2,(H,23,31)(H,24,32). The highest BCUT2D eigenvalue weighted by molar-refractivity contribution is 5.98. The Morgan fingerprint density at radius 3 is 2.31 bits per heavy atom. The zero-order chi connectivity index (χ0) is 24.9. The monoisotopic (exact) mass is 478 g/mol. The Morgan fingerprint density at radius 1 is 0.914 bits per heavy atom. The molecule has 1 aromatic heterocycles. The lowest BCUT2D eigenvalue weighted by Gasteiger charge is -2.10. The molecule has 2 amide bonds. The second kappa shape index (κ2) is 9.74. The van der Waals surface area contributed by atoms with Gasteiger partial charge < -0.3 is 26.2 Å². The summed E-state index contributed by atoms with van der Waals surface area (Å²) in [5.41, 5.74) is 1.31. The first kappa shape index (κ1) is 23.0. The van der Waals surface area contributed by atoms with Crippen molar-refractivity contribution in [2.24, 2.45) is 0 Å². The van der Waals surface area contributed by atoms with Gasteiger partial charge in [-0.1, -0.05) is 6.07 Å². The van der Waals surface area contributed by atoms with E-state index in [2.05, 4.69) is 30.9 Å². The van der Waals surface area contributed by atoms with Crippen LogP contribution >= 0.6 is 0 Å². The maximum atomic E-state index is 12.4. The molecule has 1 heterocycles. The van der Waals surface area contributed by atoms with Gasteiger partial charge in [-0.05, 0) is 52.8 Å². The number of para-hydroxylation sites is 1. The third-order valence-corrected chi connectivity index (χ3v) is 4.97. The summed E-state index contributed by atoms with van der Waals surface area (Å²) in [7, 11) is 0. The predicted octanol–water partition coefficient (Wildman–Crippen LogP) is 2.45. The van der Waals surface area contributed by atoms with Gasteiger partial charge in [-0.3, -0.25) is 19.7 Å². The van der Waals surface area contributed by atoms with Crippen LogP contribution in [-0.4, -0.2) is 50.4 Å². The zero-order valence-corrected chi connectivity index (χ0v) is 17.9. The summed E-state index contributed by atoms with van der Waals surface area (Å²) in [6.07, 6.45) is 0. The van der Waals surface area contributed by atoms with E-state index < -0.39 is 22.3 Å². The summed E-state index contributed by atoms with van der Waals surface area (Å²) in [6.45, 7) is 0.227. The average molecular weight is 478 g/mol. The number of nitrogens with zero attached hydrogens (tertiary/aromatic N) is 3. The number of nitrogens with one attached hydrogen (secondary N) is 3. The SMILES string of the molecule is O=C(NCCNC(=O)c1cccc(O)c1O)c1ccc(Nc2ccc([N+](=O)[O-])c3nonc23)cc1. The number of benzene rings is 3. The van der Waals surface area contributed by atoms with Crippen molar-refractivity contribution in [2.75, 3.05) is 18.4 Å². The van der Waals surface area contributed by atoms with E-state index in [4.69, 9.17) is 0 Å². The first-order valence-electron chi connectivity index (χ1n) is 10.2. The molecule has 0 fully saturated rings. The van der Waals surface area contributed by atoms with Crippen LogP contribution in [0.4, 0.5) is 17.1 Å². The van der Waals surface area contributed by atoms with E-state index in [0.29, 0.717) is 16.9 Å². The number of anilines is 2. The van der Waals surface area contributed by atoms with E-state index in [9.17, 15) is 29.9 Å². The Bertz CT molecular complexity index is 1420. The fourth-order valence-electron chi connectivity index (χ4n) is 3.23. The number of phenolic OH excluding ortho intramolecular Hbond substituents is 2. The van der Waals surface area contributed by atoms with Crippen LogP contribution < -0.4 is 16.0 Å². The molecule has 13 nitrogen and oxygen atoms in total. The van der Waals surface area contributed by atoms with Gasteiger partial charge in [0.05, 0.1) is 16.2 Å². The number of hydrogen-bond donors (Lipinski definition) is 5. The zero-order valence-electron chi connectivity index (χ0n) is 17.9.